The molecule has 0 fully saturated rings. The van der Waals surface area contributed by atoms with E-state index in [0.717, 1.165) is 11.4 Å². The SMILES string of the molecule is C1=CC(c2ccccc2)=c2ccc3c(c2N1)NC=CC=3c1ccccc1.Cl. The van der Waals surface area contributed by atoms with Crippen LogP contribution in [0.2, 0.25) is 0 Å². The molecule has 2 aliphatic rings. The molecule has 2 N–H and O–H groups in total. The van der Waals surface area contributed by atoms with Gasteiger partial charge in [-0.2, -0.15) is 0 Å². The van der Waals surface area contributed by atoms with Crippen molar-refractivity contribution in [3.8, 4) is 0 Å². The van der Waals surface area contributed by atoms with Crippen LogP contribution in [-0.2, 0) is 0 Å². The van der Waals surface area contributed by atoms with Crippen molar-refractivity contribution in [1.29, 1.82) is 0 Å². The van der Waals surface area contributed by atoms with Crippen molar-refractivity contribution in [3.63, 3.8) is 0 Å². The van der Waals surface area contributed by atoms with E-state index in [0.29, 0.717) is 0 Å². The van der Waals surface area contributed by atoms with E-state index >= 15 is 0 Å². The van der Waals surface area contributed by atoms with Crippen LogP contribution in [0.4, 0.5) is 11.4 Å². The molecule has 132 valence electrons. The zero-order valence-corrected chi connectivity index (χ0v) is 15.5. The molecule has 0 radical (unpaired) electrons. The predicted octanol–water partition coefficient (Wildman–Crippen LogP) is 4.38. The summed E-state index contributed by atoms with van der Waals surface area (Å²) in [5.41, 5.74) is 7.18. The molecule has 2 aliphatic heterocycles. The molecule has 2 nitrogen and oxygen atoms in total. The van der Waals surface area contributed by atoms with Gasteiger partial charge in [-0.25, -0.2) is 0 Å². The fourth-order valence-electron chi connectivity index (χ4n) is 3.69. The van der Waals surface area contributed by atoms with Gasteiger partial charge in [0, 0.05) is 22.8 Å². The number of halogens is 1. The molecule has 2 heterocycles. The number of benzene rings is 3. The Bertz CT molecular complexity index is 1070. The van der Waals surface area contributed by atoms with Crippen LogP contribution in [0.3, 0.4) is 0 Å². The number of hydrogen-bond donors (Lipinski definition) is 2. The summed E-state index contributed by atoms with van der Waals surface area (Å²) in [7, 11) is 0. The first-order valence-corrected chi connectivity index (χ1v) is 8.80. The minimum Gasteiger partial charge on any atom is -0.359 e. The number of rotatable bonds is 2. The van der Waals surface area contributed by atoms with Crippen LogP contribution in [0, 0.1) is 0 Å². The minimum atomic E-state index is 0. The highest BCUT2D eigenvalue weighted by Gasteiger charge is 2.15. The lowest BCUT2D eigenvalue weighted by Gasteiger charge is -2.20. The molecule has 3 heteroatoms. The summed E-state index contributed by atoms with van der Waals surface area (Å²) in [6.45, 7) is 0. The quantitative estimate of drug-likeness (QED) is 0.699. The lowest BCUT2D eigenvalue weighted by molar-refractivity contribution is 1.38. The molecule has 0 amide bonds. The van der Waals surface area contributed by atoms with Gasteiger partial charge in [0.2, 0.25) is 0 Å². The van der Waals surface area contributed by atoms with Gasteiger partial charge in [0.1, 0.15) is 0 Å². The second-order valence-corrected chi connectivity index (χ2v) is 6.43. The second kappa shape index (κ2) is 7.18. The number of anilines is 2. The van der Waals surface area contributed by atoms with Crippen molar-refractivity contribution in [2.24, 2.45) is 0 Å². The molecule has 3 aromatic carbocycles. The van der Waals surface area contributed by atoms with Crippen molar-refractivity contribution < 1.29 is 0 Å². The molecule has 0 aliphatic carbocycles. The van der Waals surface area contributed by atoms with Crippen molar-refractivity contribution in [1.82, 2.24) is 0 Å². The van der Waals surface area contributed by atoms with E-state index < -0.39 is 0 Å². The lowest BCUT2D eigenvalue weighted by Crippen LogP contribution is -2.25. The van der Waals surface area contributed by atoms with Gasteiger partial charge in [-0.1, -0.05) is 72.8 Å². The van der Waals surface area contributed by atoms with Gasteiger partial charge in [0.15, 0.2) is 0 Å². The molecule has 0 saturated heterocycles. The standard InChI is InChI=1S/C24H18N2.ClH/c1-3-7-17(8-4-1)19-13-15-25-23-21(19)11-12-22-20(14-16-26-24(22)23)18-9-5-2-6-10-18;/h1-16,25-26H;1H. The van der Waals surface area contributed by atoms with E-state index in [-0.39, 0.29) is 12.4 Å². The van der Waals surface area contributed by atoms with Crippen LogP contribution in [0.15, 0.2) is 97.3 Å². The Labute approximate surface area is 164 Å². The number of fused-ring (bicyclic) bond motifs is 3. The van der Waals surface area contributed by atoms with Crippen LogP contribution in [0.1, 0.15) is 11.1 Å². The van der Waals surface area contributed by atoms with E-state index in [1.807, 2.05) is 12.4 Å². The molecular weight excluding hydrogens is 352 g/mol. The van der Waals surface area contributed by atoms with E-state index in [4.69, 9.17) is 0 Å². The minimum absolute atomic E-state index is 0. The van der Waals surface area contributed by atoms with Crippen LogP contribution < -0.4 is 21.1 Å². The normalized spacial score (nSPS) is 13.8. The molecule has 0 spiro atoms. The van der Waals surface area contributed by atoms with Crippen molar-refractivity contribution in [3.05, 3.63) is 119 Å². The van der Waals surface area contributed by atoms with E-state index in [9.17, 15) is 0 Å². The largest absolute Gasteiger partial charge is 0.359 e. The third kappa shape index (κ3) is 2.94. The van der Waals surface area contributed by atoms with Crippen molar-refractivity contribution in [2.45, 2.75) is 0 Å². The van der Waals surface area contributed by atoms with Crippen LogP contribution >= 0.6 is 12.4 Å². The summed E-state index contributed by atoms with van der Waals surface area (Å²) < 4.78 is 0. The van der Waals surface area contributed by atoms with Crippen LogP contribution in [-0.4, -0.2) is 0 Å². The first-order valence-electron chi connectivity index (χ1n) is 8.80. The zero-order chi connectivity index (χ0) is 17.3. The van der Waals surface area contributed by atoms with Gasteiger partial charge >= 0.3 is 0 Å². The summed E-state index contributed by atoms with van der Waals surface area (Å²) in [6, 6.07) is 25.5. The monoisotopic (exact) mass is 370 g/mol. The summed E-state index contributed by atoms with van der Waals surface area (Å²) in [5.74, 6) is 0. The van der Waals surface area contributed by atoms with E-state index in [2.05, 4.69) is 95.6 Å². The second-order valence-electron chi connectivity index (χ2n) is 6.43. The molecule has 0 saturated carbocycles. The fraction of sp³-hybridized carbons (Fsp3) is 0. The van der Waals surface area contributed by atoms with Gasteiger partial charge in [0.05, 0.1) is 11.4 Å². The van der Waals surface area contributed by atoms with Gasteiger partial charge in [-0.05, 0) is 34.4 Å². The highest BCUT2D eigenvalue weighted by molar-refractivity contribution is 5.89. The third-order valence-corrected chi connectivity index (χ3v) is 4.91. The van der Waals surface area contributed by atoms with Crippen molar-refractivity contribution >= 4 is 34.9 Å². The van der Waals surface area contributed by atoms with E-state index in [1.54, 1.807) is 0 Å². The maximum Gasteiger partial charge on any atom is 0.0705 e. The molecule has 5 rings (SSSR count). The summed E-state index contributed by atoms with van der Waals surface area (Å²) in [5, 5.41) is 9.33. The average molecular weight is 371 g/mol. The Morgan fingerprint density at radius 3 is 1.30 bits per heavy atom. The number of nitrogens with one attached hydrogen (secondary N) is 2. The van der Waals surface area contributed by atoms with Gasteiger partial charge < -0.3 is 10.6 Å². The first-order chi connectivity index (χ1) is 12.9. The molecule has 27 heavy (non-hydrogen) atoms. The van der Waals surface area contributed by atoms with E-state index in [1.165, 1.54) is 32.7 Å². The Kier molecular flexibility index (Phi) is 4.57. The molecule has 0 aromatic heterocycles. The summed E-state index contributed by atoms with van der Waals surface area (Å²) >= 11 is 0. The number of allylic oxidation sites excluding steroid dienone is 2. The molecule has 0 bridgehead atoms. The smallest absolute Gasteiger partial charge is 0.0705 e. The van der Waals surface area contributed by atoms with Crippen molar-refractivity contribution in [2.75, 3.05) is 10.6 Å². The lowest BCUT2D eigenvalue weighted by atomic mass is 9.95. The average Bonchev–Trinajstić information content (AvgIpc) is 2.74. The Morgan fingerprint density at radius 1 is 0.481 bits per heavy atom. The third-order valence-electron chi connectivity index (χ3n) is 4.91. The first kappa shape index (κ1) is 17.2. The Balaban J connectivity index is 0.00000180. The summed E-state index contributed by atoms with van der Waals surface area (Å²) in [4.78, 5) is 0. The van der Waals surface area contributed by atoms with Gasteiger partial charge in [0.25, 0.3) is 0 Å². The number of hydrogen-bond acceptors (Lipinski definition) is 2. The predicted molar refractivity (Wildman–Crippen MR) is 116 cm³/mol. The maximum atomic E-state index is 3.45. The molecule has 0 atom stereocenters. The highest BCUT2D eigenvalue weighted by Crippen LogP contribution is 2.25. The zero-order valence-electron chi connectivity index (χ0n) is 14.6. The molecular formula is C24H19ClN2. The highest BCUT2D eigenvalue weighted by atomic mass is 35.5. The van der Waals surface area contributed by atoms with Crippen LogP contribution in [0.5, 0.6) is 0 Å². The van der Waals surface area contributed by atoms with Crippen LogP contribution in [0.25, 0.3) is 11.1 Å². The molecule has 3 aromatic rings. The van der Waals surface area contributed by atoms with Gasteiger partial charge in [-0.3, -0.25) is 0 Å². The summed E-state index contributed by atoms with van der Waals surface area (Å²) in [6.07, 6.45) is 8.33. The van der Waals surface area contributed by atoms with Gasteiger partial charge in [-0.15, -0.1) is 12.4 Å². The Hall–Kier alpha value is -3.23. The topological polar surface area (TPSA) is 24.1 Å². The maximum absolute atomic E-state index is 3.45. The Morgan fingerprint density at radius 2 is 0.889 bits per heavy atom. The molecule has 0 unspecified atom stereocenters. The fourth-order valence-corrected chi connectivity index (χ4v) is 3.69.